The van der Waals surface area contributed by atoms with Crippen molar-refractivity contribution in [2.45, 2.75) is 37.1 Å². The van der Waals surface area contributed by atoms with Crippen molar-refractivity contribution < 1.29 is 17.5 Å². The van der Waals surface area contributed by atoms with Gasteiger partial charge in [0.05, 0.1) is 12.0 Å². The Morgan fingerprint density at radius 2 is 2.00 bits per heavy atom. The van der Waals surface area contributed by atoms with Crippen LogP contribution in [0.2, 0.25) is 0 Å². The summed E-state index contributed by atoms with van der Waals surface area (Å²) in [6.45, 7) is 1.55. The van der Waals surface area contributed by atoms with Crippen LogP contribution in [0.15, 0.2) is 41.3 Å². The number of hydrogen-bond donors (Lipinski definition) is 1. The minimum atomic E-state index is -3.71. The molecule has 0 radical (unpaired) electrons. The molecule has 1 atom stereocenters. The van der Waals surface area contributed by atoms with Crippen molar-refractivity contribution in [3.05, 3.63) is 58.9 Å². The summed E-state index contributed by atoms with van der Waals surface area (Å²) in [7, 11) is -2.09. The Morgan fingerprint density at radius 1 is 1.21 bits per heavy atom. The number of benzene rings is 2. The first-order chi connectivity index (χ1) is 11.4. The first kappa shape index (κ1) is 16.9. The fraction of sp³-hybridized carbons (Fsp3) is 0.333. The summed E-state index contributed by atoms with van der Waals surface area (Å²) in [5, 5.41) is 0. The van der Waals surface area contributed by atoms with Crippen LogP contribution in [0, 0.1) is 12.7 Å². The van der Waals surface area contributed by atoms with E-state index in [0.29, 0.717) is 5.56 Å². The topological polar surface area (TPSA) is 55.4 Å². The molecule has 0 saturated carbocycles. The number of hydrogen-bond acceptors (Lipinski definition) is 3. The molecule has 24 heavy (non-hydrogen) atoms. The molecule has 0 fully saturated rings. The number of fused-ring (bicyclic) bond motifs is 1. The summed E-state index contributed by atoms with van der Waals surface area (Å²) in [4.78, 5) is 0.0852. The van der Waals surface area contributed by atoms with E-state index >= 15 is 0 Å². The summed E-state index contributed by atoms with van der Waals surface area (Å²) in [6.07, 6.45) is 2.54. The van der Waals surface area contributed by atoms with E-state index in [1.54, 1.807) is 14.0 Å². The zero-order valence-electron chi connectivity index (χ0n) is 13.7. The lowest BCUT2D eigenvalue weighted by Crippen LogP contribution is -2.31. The lowest BCUT2D eigenvalue weighted by molar-refractivity contribution is 0.412. The summed E-state index contributed by atoms with van der Waals surface area (Å²) in [6, 6.07) is 9.26. The normalized spacial score (nSPS) is 17.4. The molecule has 1 aliphatic carbocycles. The number of halogens is 1. The van der Waals surface area contributed by atoms with E-state index in [4.69, 9.17) is 4.74 Å². The van der Waals surface area contributed by atoms with Crippen LogP contribution in [0.4, 0.5) is 4.39 Å². The summed E-state index contributed by atoms with van der Waals surface area (Å²) in [5.41, 5.74) is 2.39. The molecule has 0 bridgehead atoms. The quantitative estimate of drug-likeness (QED) is 0.919. The van der Waals surface area contributed by atoms with E-state index in [0.717, 1.165) is 36.1 Å². The number of rotatable bonds is 4. The average Bonchev–Trinajstić information content (AvgIpc) is 2.56. The van der Waals surface area contributed by atoms with Gasteiger partial charge in [0.1, 0.15) is 11.6 Å². The Bertz CT molecular complexity index is 865. The molecule has 2 aromatic carbocycles. The second-order valence-corrected chi connectivity index (χ2v) is 7.76. The van der Waals surface area contributed by atoms with Gasteiger partial charge in [0, 0.05) is 6.04 Å². The van der Waals surface area contributed by atoms with E-state index in [9.17, 15) is 12.8 Å². The Balaban J connectivity index is 1.90. The van der Waals surface area contributed by atoms with Gasteiger partial charge in [-0.3, -0.25) is 0 Å². The Morgan fingerprint density at radius 3 is 2.71 bits per heavy atom. The van der Waals surface area contributed by atoms with Gasteiger partial charge in [-0.25, -0.2) is 17.5 Å². The maximum atomic E-state index is 13.4. The molecule has 0 aliphatic heterocycles. The van der Waals surface area contributed by atoms with Gasteiger partial charge in [0.2, 0.25) is 10.0 Å². The van der Waals surface area contributed by atoms with Crippen molar-refractivity contribution in [1.82, 2.24) is 4.72 Å². The number of sulfonamides is 1. The molecule has 0 aromatic heterocycles. The van der Waals surface area contributed by atoms with E-state index in [-0.39, 0.29) is 10.9 Å². The van der Waals surface area contributed by atoms with Crippen LogP contribution in [0.25, 0.3) is 0 Å². The van der Waals surface area contributed by atoms with Crippen molar-refractivity contribution in [3.63, 3.8) is 0 Å². The van der Waals surface area contributed by atoms with Crippen LogP contribution in [0.3, 0.4) is 0 Å². The molecule has 128 valence electrons. The first-order valence-corrected chi connectivity index (χ1v) is 9.34. The van der Waals surface area contributed by atoms with E-state index in [1.807, 2.05) is 18.2 Å². The Hall–Kier alpha value is -1.92. The van der Waals surface area contributed by atoms with Crippen LogP contribution >= 0.6 is 0 Å². The average molecular weight is 349 g/mol. The van der Waals surface area contributed by atoms with Crippen LogP contribution in [-0.4, -0.2) is 15.5 Å². The maximum Gasteiger partial charge on any atom is 0.241 e. The van der Waals surface area contributed by atoms with Crippen molar-refractivity contribution in [1.29, 1.82) is 0 Å². The molecule has 3 rings (SSSR count). The molecule has 1 N–H and O–H groups in total. The molecular formula is C18H20FNO3S. The molecule has 0 unspecified atom stereocenters. The monoisotopic (exact) mass is 349 g/mol. The molecule has 2 aromatic rings. The van der Waals surface area contributed by atoms with Crippen molar-refractivity contribution in [3.8, 4) is 5.75 Å². The largest absolute Gasteiger partial charge is 0.497 e. The third kappa shape index (κ3) is 3.30. The molecule has 0 amide bonds. The molecule has 0 heterocycles. The number of ether oxygens (including phenoxy) is 1. The van der Waals surface area contributed by atoms with Crippen molar-refractivity contribution in [2.24, 2.45) is 0 Å². The standard InChI is InChI=1S/C18H20FNO3S/c1-12-10-15(7-9-17(12)19)24(21,22)20-18-5-3-4-13-11-14(23-2)6-8-16(13)18/h6-11,18,20H,3-5H2,1-2H3/t18-/m0/s1. The fourth-order valence-electron chi connectivity index (χ4n) is 3.08. The maximum absolute atomic E-state index is 13.4. The molecule has 0 spiro atoms. The van der Waals surface area contributed by atoms with E-state index < -0.39 is 15.8 Å². The lowest BCUT2D eigenvalue weighted by atomic mass is 9.88. The highest BCUT2D eigenvalue weighted by atomic mass is 32.2. The third-order valence-corrected chi connectivity index (χ3v) is 5.87. The number of methoxy groups -OCH3 is 1. The predicted molar refractivity (Wildman–Crippen MR) is 90.1 cm³/mol. The lowest BCUT2D eigenvalue weighted by Gasteiger charge is -2.26. The van der Waals surface area contributed by atoms with Gasteiger partial charge >= 0.3 is 0 Å². The SMILES string of the molecule is COc1ccc2c(c1)CCC[C@@H]2NS(=O)(=O)c1ccc(F)c(C)c1. The Labute approximate surface area is 141 Å². The molecule has 4 nitrogen and oxygen atoms in total. The van der Waals surface area contributed by atoms with E-state index in [1.165, 1.54) is 18.2 Å². The summed E-state index contributed by atoms with van der Waals surface area (Å²) >= 11 is 0. The van der Waals surface area contributed by atoms with Crippen LogP contribution in [0.1, 0.15) is 35.6 Å². The highest BCUT2D eigenvalue weighted by molar-refractivity contribution is 7.89. The minimum absolute atomic E-state index is 0.0852. The van der Waals surface area contributed by atoms with Crippen LogP contribution in [-0.2, 0) is 16.4 Å². The fourth-order valence-corrected chi connectivity index (χ4v) is 4.41. The van der Waals surface area contributed by atoms with Crippen LogP contribution in [0.5, 0.6) is 5.75 Å². The molecule has 1 aliphatic rings. The van der Waals surface area contributed by atoms with Gasteiger partial charge in [0.25, 0.3) is 0 Å². The number of aryl methyl sites for hydroxylation is 2. The van der Waals surface area contributed by atoms with Crippen LogP contribution < -0.4 is 9.46 Å². The molecular weight excluding hydrogens is 329 g/mol. The van der Waals surface area contributed by atoms with Gasteiger partial charge in [0.15, 0.2) is 0 Å². The molecule has 0 saturated heterocycles. The summed E-state index contributed by atoms with van der Waals surface area (Å²) < 4.78 is 46.7. The molecule has 6 heteroatoms. The van der Waals surface area contributed by atoms with E-state index in [2.05, 4.69) is 4.72 Å². The Kier molecular flexibility index (Phi) is 4.60. The second kappa shape index (κ2) is 6.53. The number of nitrogens with one attached hydrogen (secondary N) is 1. The van der Waals surface area contributed by atoms with Crippen molar-refractivity contribution >= 4 is 10.0 Å². The smallest absolute Gasteiger partial charge is 0.241 e. The minimum Gasteiger partial charge on any atom is -0.497 e. The first-order valence-electron chi connectivity index (χ1n) is 7.86. The second-order valence-electron chi connectivity index (χ2n) is 6.04. The van der Waals surface area contributed by atoms with Gasteiger partial charge in [-0.1, -0.05) is 6.07 Å². The highest BCUT2D eigenvalue weighted by Crippen LogP contribution is 2.33. The van der Waals surface area contributed by atoms with Gasteiger partial charge in [-0.2, -0.15) is 0 Å². The third-order valence-electron chi connectivity index (χ3n) is 4.40. The van der Waals surface area contributed by atoms with Gasteiger partial charge in [-0.05, 0) is 73.2 Å². The summed E-state index contributed by atoms with van der Waals surface area (Å²) in [5.74, 6) is 0.357. The zero-order chi connectivity index (χ0) is 17.3. The van der Waals surface area contributed by atoms with Crippen molar-refractivity contribution in [2.75, 3.05) is 7.11 Å². The zero-order valence-corrected chi connectivity index (χ0v) is 14.5. The predicted octanol–water partition coefficient (Wildman–Crippen LogP) is 3.50. The highest BCUT2D eigenvalue weighted by Gasteiger charge is 2.26. The van der Waals surface area contributed by atoms with Gasteiger partial charge < -0.3 is 4.74 Å². The van der Waals surface area contributed by atoms with Gasteiger partial charge in [-0.15, -0.1) is 0 Å².